The van der Waals surface area contributed by atoms with Crippen LogP contribution < -0.4 is 0 Å². The Morgan fingerprint density at radius 3 is 2.87 bits per heavy atom. The third-order valence-electron chi connectivity index (χ3n) is 1.91. The van der Waals surface area contributed by atoms with E-state index < -0.39 is 0 Å². The van der Waals surface area contributed by atoms with E-state index in [0.717, 1.165) is 11.3 Å². The van der Waals surface area contributed by atoms with Gasteiger partial charge in [-0.05, 0) is 24.3 Å². The van der Waals surface area contributed by atoms with Crippen molar-refractivity contribution in [2.24, 2.45) is 0 Å². The lowest BCUT2D eigenvalue weighted by atomic mass is 10.1. The van der Waals surface area contributed by atoms with Gasteiger partial charge >= 0.3 is 0 Å². The lowest BCUT2D eigenvalue weighted by molar-refractivity contribution is 0.111. The topological polar surface area (TPSA) is 42.9 Å². The van der Waals surface area contributed by atoms with Crippen molar-refractivity contribution >= 4 is 17.9 Å². The highest BCUT2D eigenvalue weighted by atomic mass is 35.5. The molecule has 0 saturated heterocycles. The molecule has 0 N–H and O–H groups in total. The summed E-state index contributed by atoms with van der Waals surface area (Å²) >= 11 is 5.77. The van der Waals surface area contributed by atoms with Gasteiger partial charge in [0.1, 0.15) is 10.8 Å². The van der Waals surface area contributed by atoms with Gasteiger partial charge in [-0.2, -0.15) is 0 Å². The second kappa shape index (κ2) is 4.19. The molecular weight excluding hydrogens is 212 g/mol. The lowest BCUT2D eigenvalue weighted by Gasteiger charge is -2.00. The second-order valence-corrected chi connectivity index (χ2v) is 3.32. The number of aromatic nitrogens is 2. The Hall–Kier alpha value is -1.74. The molecule has 0 spiro atoms. The fourth-order valence-electron chi connectivity index (χ4n) is 1.24. The Labute approximate surface area is 91.8 Å². The summed E-state index contributed by atoms with van der Waals surface area (Å²) in [6.45, 7) is 0. The molecule has 0 fully saturated rings. The highest BCUT2D eigenvalue weighted by Crippen LogP contribution is 2.18. The molecule has 0 aliphatic carbocycles. The maximum Gasteiger partial charge on any atom is 0.168 e. The van der Waals surface area contributed by atoms with Gasteiger partial charge in [-0.15, -0.1) is 0 Å². The molecule has 0 amide bonds. The number of carbonyl (C=O) groups is 1. The van der Waals surface area contributed by atoms with Gasteiger partial charge in [0, 0.05) is 11.8 Å². The number of rotatable bonds is 2. The molecular formula is C11H7ClN2O. The lowest BCUT2D eigenvalue weighted by Crippen LogP contribution is -1.89. The van der Waals surface area contributed by atoms with Crippen molar-refractivity contribution in [3.8, 4) is 11.3 Å². The van der Waals surface area contributed by atoms with Gasteiger partial charge in [0.05, 0.1) is 5.69 Å². The van der Waals surface area contributed by atoms with Gasteiger partial charge in [-0.3, -0.25) is 9.78 Å². The average Bonchev–Trinajstić information content (AvgIpc) is 2.29. The summed E-state index contributed by atoms with van der Waals surface area (Å²) in [5.74, 6) is 0. The van der Waals surface area contributed by atoms with E-state index in [1.54, 1.807) is 24.4 Å². The number of aldehydes is 1. The summed E-state index contributed by atoms with van der Waals surface area (Å²) < 4.78 is 0. The first-order valence-corrected chi connectivity index (χ1v) is 4.71. The van der Waals surface area contributed by atoms with E-state index in [1.165, 1.54) is 0 Å². The Balaban J connectivity index is 2.49. The summed E-state index contributed by atoms with van der Waals surface area (Å²) in [4.78, 5) is 18.6. The number of hydrogen-bond acceptors (Lipinski definition) is 3. The van der Waals surface area contributed by atoms with E-state index in [9.17, 15) is 4.79 Å². The molecule has 0 saturated carbocycles. The number of nitrogens with zero attached hydrogens (tertiary/aromatic N) is 2. The zero-order valence-electron chi connectivity index (χ0n) is 7.72. The molecule has 2 aromatic heterocycles. The van der Waals surface area contributed by atoms with Gasteiger partial charge < -0.3 is 0 Å². The summed E-state index contributed by atoms with van der Waals surface area (Å²) in [6, 6.07) is 8.80. The van der Waals surface area contributed by atoms with Crippen LogP contribution in [0.25, 0.3) is 11.3 Å². The highest BCUT2D eigenvalue weighted by molar-refractivity contribution is 6.29. The van der Waals surface area contributed by atoms with E-state index in [2.05, 4.69) is 9.97 Å². The first-order valence-electron chi connectivity index (χ1n) is 4.34. The van der Waals surface area contributed by atoms with Crippen LogP contribution in [0.1, 0.15) is 10.5 Å². The summed E-state index contributed by atoms with van der Waals surface area (Å²) in [7, 11) is 0. The zero-order chi connectivity index (χ0) is 10.7. The Bertz CT molecular complexity index is 499. The minimum Gasteiger partial charge on any atom is -0.296 e. The van der Waals surface area contributed by atoms with Gasteiger partial charge in [0.25, 0.3) is 0 Å². The predicted octanol–water partition coefficient (Wildman–Crippen LogP) is 2.61. The third kappa shape index (κ3) is 2.19. The molecule has 0 bridgehead atoms. The maximum absolute atomic E-state index is 10.5. The van der Waals surface area contributed by atoms with Crippen molar-refractivity contribution in [2.75, 3.05) is 0 Å². The second-order valence-electron chi connectivity index (χ2n) is 2.93. The Morgan fingerprint density at radius 2 is 2.13 bits per heavy atom. The van der Waals surface area contributed by atoms with Crippen molar-refractivity contribution in [3.05, 3.63) is 47.4 Å². The van der Waals surface area contributed by atoms with Crippen molar-refractivity contribution in [1.82, 2.24) is 9.97 Å². The Morgan fingerprint density at radius 1 is 1.27 bits per heavy atom. The molecule has 0 aromatic carbocycles. The van der Waals surface area contributed by atoms with Crippen LogP contribution in [-0.2, 0) is 0 Å². The van der Waals surface area contributed by atoms with E-state index in [-0.39, 0.29) is 0 Å². The fraction of sp³-hybridized carbons (Fsp3) is 0. The van der Waals surface area contributed by atoms with Crippen LogP contribution in [0.15, 0.2) is 36.5 Å². The monoisotopic (exact) mass is 218 g/mol. The van der Waals surface area contributed by atoms with Crippen molar-refractivity contribution in [1.29, 1.82) is 0 Å². The van der Waals surface area contributed by atoms with Crippen molar-refractivity contribution in [2.45, 2.75) is 0 Å². The number of pyridine rings is 2. The predicted molar refractivity (Wildman–Crippen MR) is 57.9 cm³/mol. The van der Waals surface area contributed by atoms with E-state index in [0.29, 0.717) is 17.1 Å². The Kier molecular flexibility index (Phi) is 2.74. The smallest absolute Gasteiger partial charge is 0.168 e. The summed E-state index contributed by atoms with van der Waals surface area (Å²) in [6.07, 6.45) is 2.27. The molecule has 0 radical (unpaired) electrons. The molecule has 2 aromatic rings. The van der Waals surface area contributed by atoms with Crippen molar-refractivity contribution in [3.63, 3.8) is 0 Å². The number of hydrogen-bond donors (Lipinski definition) is 0. The minimum absolute atomic E-state index is 0.384. The van der Waals surface area contributed by atoms with Gasteiger partial charge in [-0.25, -0.2) is 4.98 Å². The standard InChI is InChI=1S/C11H7ClN2O/c12-11-3-1-2-10(14-11)8-4-5-13-9(6-8)7-15/h1-7H. The van der Waals surface area contributed by atoms with Crippen LogP contribution >= 0.6 is 11.6 Å². The molecule has 15 heavy (non-hydrogen) atoms. The third-order valence-corrected chi connectivity index (χ3v) is 2.12. The molecule has 4 heteroatoms. The maximum atomic E-state index is 10.5. The van der Waals surface area contributed by atoms with Crippen LogP contribution in [0.3, 0.4) is 0 Å². The van der Waals surface area contributed by atoms with Crippen LogP contribution in [0.4, 0.5) is 0 Å². The molecule has 0 aliphatic heterocycles. The first-order chi connectivity index (χ1) is 7.29. The van der Waals surface area contributed by atoms with Crippen molar-refractivity contribution < 1.29 is 4.79 Å². The first kappa shape index (κ1) is 9.80. The van der Waals surface area contributed by atoms with Crippen LogP contribution in [0, 0.1) is 0 Å². The molecule has 0 aliphatic rings. The van der Waals surface area contributed by atoms with Gasteiger partial charge in [-0.1, -0.05) is 17.7 Å². The highest BCUT2D eigenvalue weighted by Gasteiger charge is 2.01. The minimum atomic E-state index is 0.384. The van der Waals surface area contributed by atoms with Gasteiger partial charge in [0.15, 0.2) is 6.29 Å². The largest absolute Gasteiger partial charge is 0.296 e. The number of carbonyl (C=O) groups excluding carboxylic acids is 1. The molecule has 2 heterocycles. The average molecular weight is 219 g/mol. The quantitative estimate of drug-likeness (QED) is 0.575. The fourth-order valence-corrected chi connectivity index (χ4v) is 1.40. The van der Waals surface area contributed by atoms with Crippen LogP contribution in [0.5, 0.6) is 0 Å². The SMILES string of the molecule is O=Cc1cc(-c2cccc(Cl)n2)ccn1. The normalized spacial score (nSPS) is 9.93. The zero-order valence-corrected chi connectivity index (χ0v) is 8.48. The van der Waals surface area contributed by atoms with Crippen LogP contribution in [-0.4, -0.2) is 16.3 Å². The summed E-state index contributed by atoms with van der Waals surface area (Å²) in [5, 5.41) is 0.428. The summed E-state index contributed by atoms with van der Waals surface area (Å²) in [5.41, 5.74) is 1.94. The van der Waals surface area contributed by atoms with Gasteiger partial charge in [0.2, 0.25) is 0 Å². The van der Waals surface area contributed by atoms with E-state index in [4.69, 9.17) is 11.6 Å². The number of halogens is 1. The van der Waals surface area contributed by atoms with E-state index >= 15 is 0 Å². The molecule has 3 nitrogen and oxygen atoms in total. The van der Waals surface area contributed by atoms with Crippen LogP contribution in [0.2, 0.25) is 5.15 Å². The molecule has 0 unspecified atom stereocenters. The molecule has 74 valence electrons. The van der Waals surface area contributed by atoms with E-state index in [1.807, 2.05) is 12.1 Å². The molecule has 0 atom stereocenters. The molecule has 2 rings (SSSR count).